The molecule has 0 aliphatic carbocycles. The maximum absolute atomic E-state index is 12.6. The van der Waals surface area contributed by atoms with Crippen LogP contribution in [0, 0.1) is 10.1 Å². The fourth-order valence-corrected chi connectivity index (χ4v) is 4.62. The van der Waals surface area contributed by atoms with Crippen molar-refractivity contribution in [2.75, 3.05) is 18.5 Å². The molecule has 3 rings (SSSR count). The van der Waals surface area contributed by atoms with Gasteiger partial charge < -0.3 is 10.1 Å². The molecule has 7 nitrogen and oxygen atoms in total. The number of halogens is 1. The molecule has 28 heavy (non-hydrogen) atoms. The summed E-state index contributed by atoms with van der Waals surface area (Å²) in [5.41, 5.74) is 1.16. The van der Waals surface area contributed by atoms with Gasteiger partial charge in [-0.1, -0.05) is 23.7 Å². The Morgan fingerprint density at radius 3 is 2.71 bits per heavy atom. The molecule has 0 saturated carbocycles. The van der Waals surface area contributed by atoms with E-state index in [1.54, 1.807) is 18.2 Å². The molecule has 2 aromatic rings. The van der Waals surface area contributed by atoms with Gasteiger partial charge in [-0.25, -0.2) is 0 Å². The largest absolute Gasteiger partial charge is 0.381 e. The van der Waals surface area contributed by atoms with Gasteiger partial charge in [-0.3, -0.25) is 19.1 Å². The van der Waals surface area contributed by atoms with Crippen molar-refractivity contribution in [3.8, 4) is 0 Å². The maximum atomic E-state index is 12.6. The van der Waals surface area contributed by atoms with Crippen molar-refractivity contribution < 1.29 is 18.7 Å². The van der Waals surface area contributed by atoms with Crippen molar-refractivity contribution in [3.63, 3.8) is 0 Å². The monoisotopic (exact) mass is 422 g/mol. The number of ether oxygens (including phenoxy) is 1. The van der Waals surface area contributed by atoms with E-state index in [0.29, 0.717) is 24.7 Å². The predicted molar refractivity (Wildman–Crippen MR) is 108 cm³/mol. The third-order valence-corrected chi connectivity index (χ3v) is 6.60. The van der Waals surface area contributed by atoms with Gasteiger partial charge in [-0.05, 0) is 36.6 Å². The molecule has 1 N–H and O–H groups in total. The highest BCUT2D eigenvalue weighted by atomic mass is 35.5. The number of nitrogens with one attached hydrogen (secondary N) is 1. The molecule has 1 fully saturated rings. The lowest BCUT2D eigenvalue weighted by atomic mass is 10.1. The predicted octanol–water partition coefficient (Wildman–Crippen LogP) is 3.93. The molecule has 1 aliphatic heterocycles. The summed E-state index contributed by atoms with van der Waals surface area (Å²) in [7, 11) is -1.02. The van der Waals surface area contributed by atoms with Gasteiger partial charge in [0, 0.05) is 52.8 Å². The van der Waals surface area contributed by atoms with Gasteiger partial charge in [0.2, 0.25) is 0 Å². The third-order valence-electron chi connectivity index (χ3n) is 4.44. The summed E-state index contributed by atoms with van der Waals surface area (Å²) < 4.78 is 17.9. The van der Waals surface area contributed by atoms with Crippen LogP contribution in [0.15, 0.2) is 42.5 Å². The zero-order valence-electron chi connectivity index (χ0n) is 14.9. The van der Waals surface area contributed by atoms with Crippen molar-refractivity contribution >= 4 is 39.7 Å². The lowest BCUT2D eigenvalue weighted by Crippen LogP contribution is -2.25. The zero-order chi connectivity index (χ0) is 20.1. The Morgan fingerprint density at radius 1 is 1.25 bits per heavy atom. The van der Waals surface area contributed by atoms with E-state index in [1.165, 1.54) is 12.1 Å². The number of hydrogen-bond acceptors (Lipinski definition) is 5. The number of nitro benzene ring substituents is 1. The van der Waals surface area contributed by atoms with Gasteiger partial charge in [0.1, 0.15) is 0 Å². The fourth-order valence-electron chi connectivity index (χ4n) is 2.96. The van der Waals surface area contributed by atoms with Crippen LogP contribution in [-0.2, 0) is 21.3 Å². The SMILES string of the molecule is O=C(Nc1cccc(CS(=O)C2CCOCC2)c1)c1cc([N+](=O)[O-])ccc1Cl. The molecule has 9 heteroatoms. The van der Waals surface area contributed by atoms with Crippen LogP contribution in [-0.4, -0.2) is 33.5 Å². The normalized spacial score (nSPS) is 15.8. The molecule has 1 saturated heterocycles. The quantitative estimate of drug-likeness (QED) is 0.561. The van der Waals surface area contributed by atoms with Crippen molar-refractivity contribution in [1.29, 1.82) is 0 Å². The second-order valence-electron chi connectivity index (χ2n) is 6.41. The smallest absolute Gasteiger partial charge is 0.270 e. The van der Waals surface area contributed by atoms with Crippen molar-refractivity contribution in [3.05, 3.63) is 68.7 Å². The Labute approximate surface area is 169 Å². The third kappa shape index (κ3) is 5.15. The Balaban J connectivity index is 1.70. The number of carbonyl (C=O) groups excluding carboxylic acids is 1. The molecule has 0 radical (unpaired) electrons. The minimum Gasteiger partial charge on any atom is -0.381 e. The van der Waals surface area contributed by atoms with Crippen LogP contribution in [0.25, 0.3) is 0 Å². The topological polar surface area (TPSA) is 98.5 Å². The van der Waals surface area contributed by atoms with E-state index in [-0.39, 0.29) is 21.5 Å². The summed E-state index contributed by atoms with van der Waals surface area (Å²) in [6.07, 6.45) is 1.57. The second-order valence-corrected chi connectivity index (χ2v) is 8.54. The Morgan fingerprint density at radius 2 is 2.00 bits per heavy atom. The van der Waals surface area contributed by atoms with Crippen molar-refractivity contribution in [1.82, 2.24) is 0 Å². The molecule has 1 heterocycles. The number of benzene rings is 2. The molecule has 1 unspecified atom stereocenters. The molecule has 0 spiro atoms. The summed E-state index contributed by atoms with van der Waals surface area (Å²) >= 11 is 6.01. The zero-order valence-corrected chi connectivity index (χ0v) is 16.5. The Hall–Kier alpha value is -2.29. The fraction of sp³-hybridized carbons (Fsp3) is 0.316. The number of carbonyl (C=O) groups is 1. The lowest BCUT2D eigenvalue weighted by Gasteiger charge is -2.21. The summed E-state index contributed by atoms with van der Waals surface area (Å²) in [6, 6.07) is 10.8. The number of nitro groups is 1. The van der Waals surface area contributed by atoms with Crippen LogP contribution in [0.2, 0.25) is 5.02 Å². The van der Waals surface area contributed by atoms with Gasteiger partial charge in [0.05, 0.1) is 15.5 Å². The Bertz CT molecular complexity index is 915. The van der Waals surface area contributed by atoms with E-state index in [4.69, 9.17) is 16.3 Å². The first-order valence-electron chi connectivity index (χ1n) is 8.73. The van der Waals surface area contributed by atoms with E-state index in [9.17, 15) is 19.1 Å². The first-order chi connectivity index (χ1) is 13.4. The summed E-state index contributed by atoms with van der Waals surface area (Å²) in [5, 5.41) is 13.9. The van der Waals surface area contributed by atoms with Gasteiger partial charge in [-0.2, -0.15) is 0 Å². The summed E-state index contributed by atoms with van der Waals surface area (Å²) in [6.45, 7) is 1.27. The number of amides is 1. The standard InChI is InChI=1S/C19H19ClN2O5S/c20-18-5-4-15(22(24)25)11-17(18)19(23)21-14-3-1-2-13(10-14)12-28(26)16-6-8-27-9-7-16/h1-5,10-11,16H,6-9,12H2,(H,21,23). The van der Waals surface area contributed by atoms with Crippen molar-refractivity contribution in [2.24, 2.45) is 0 Å². The number of hydrogen-bond donors (Lipinski definition) is 1. The highest BCUT2D eigenvalue weighted by Gasteiger charge is 2.21. The van der Waals surface area contributed by atoms with Crippen LogP contribution < -0.4 is 5.32 Å². The van der Waals surface area contributed by atoms with E-state index < -0.39 is 21.6 Å². The molecule has 1 aliphatic rings. The van der Waals surface area contributed by atoms with Crippen LogP contribution >= 0.6 is 11.6 Å². The lowest BCUT2D eigenvalue weighted by molar-refractivity contribution is -0.384. The number of rotatable bonds is 6. The number of nitrogens with zero attached hydrogens (tertiary/aromatic N) is 1. The Kier molecular flexibility index (Phi) is 6.77. The van der Waals surface area contributed by atoms with E-state index in [2.05, 4.69) is 5.32 Å². The average Bonchev–Trinajstić information content (AvgIpc) is 2.69. The molecular formula is C19H19ClN2O5S. The van der Waals surface area contributed by atoms with Crippen LogP contribution in [0.3, 0.4) is 0 Å². The molecule has 1 atom stereocenters. The number of anilines is 1. The second kappa shape index (κ2) is 9.27. The van der Waals surface area contributed by atoms with E-state index in [0.717, 1.165) is 24.5 Å². The van der Waals surface area contributed by atoms with Crippen LogP contribution in [0.1, 0.15) is 28.8 Å². The van der Waals surface area contributed by atoms with Gasteiger partial charge >= 0.3 is 0 Å². The molecule has 0 aromatic heterocycles. The van der Waals surface area contributed by atoms with E-state index >= 15 is 0 Å². The average molecular weight is 423 g/mol. The molecule has 1 amide bonds. The maximum Gasteiger partial charge on any atom is 0.270 e. The molecule has 0 bridgehead atoms. The molecular weight excluding hydrogens is 404 g/mol. The molecule has 148 valence electrons. The highest BCUT2D eigenvalue weighted by molar-refractivity contribution is 7.84. The van der Waals surface area contributed by atoms with Gasteiger partial charge in [0.25, 0.3) is 11.6 Å². The van der Waals surface area contributed by atoms with Crippen molar-refractivity contribution in [2.45, 2.75) is 23.8 Å². The van der Waals surface area contributed by atoms with E-state index in [1.807, 2.05) is 6.07 Å². The van der Waals surface area contributed by atoms with Crippen LogP contribution in [0.4, 0.5) is 11.4 Å². The highest BCUT2D eigenvalue weighted by Crippen LogP contribution is 2.24. The molecule has 2 aromatic carbocycles. The minimum atomic E-state index is -1.02. The summed E-state index contributed by atoms with van der Waals surface area (Å²) in [4.78, 5) is 22.8. The first kappa shape index (κ1) is 20.4. The van der Waals surface area contributed by atoms with Gasteiger partial charge in [0.15, 0.2) is 0 Å². The number of non-ortho nitro benzene ring substituents is 1. The minimum absolute atomic E-state index is 0.0204. The van der Waals surface area contributed by atoms with Gasteiger partial charge in [-0.15, -0.1) is 0 Å². The first-order valence-corrected chi connectivity index (χ1v) is 10.5. The summed E-state index contributed by atoms with van der Waals surface area (Å²) in [5.74, 6) is -0.150. The van der Waals surface area contributed by atoms with Crippen LogP contribution in [0.5, 0.6) is 0 Å².